The van der Waals surface area contributed by atoms with Crippen molar-refractivity contribution in [1.29, 1.82) is 0 Å². The number of rotatable bonds is 5. The van der Waals surface area contributed by atoms with Crippen molar-refractivity contribution in [1.82, 2.24) is 10.2 Å². The molecule has 112 valence electrons. The van der Waals surface area contributed by atoms with Gasteiger partial charge >= 0.3 is 0 Å². The van der Waals surface area contributed by atoms with Gasteiger partial charge in [0.25, 0.3) is 0 Å². The summed E-state index contributed by atoms with van der Waals surface area (Å²) < 4.78 is 5.73. The van der Waals surface area contributed by atoms with Gasteiger partial charge in [0.15, 0.2) is 0 Å². The molecule has 0 radical (unpaired) electrons. The van der Waals surface area contributed by atoms with Crippen LogP contribution in [0.1, 0.15) is 39.3 Å². The number of piperazine rings is 1. The minimum Gasteiger partial charge on any atom is -0.377 e. The monoisotopic (exact) mass is 276 g/mol. The molecule has 1 aromatic rings. The average Bonchev–Trinajstić information content (AvgIpc) is 2.39. The Morgan fingerprint density at radius 2 is 2.05 bits per heavy atom. The number of ether oxygens (including phenoxy) is 1. The quantitative estimate of drug-likeness (QED) is 0.895. The van der Waals surface area contributed by atoms with Gasteiger partial charge < -0.3 is 10.1 Å². The van der Waals surface area contributed by atoms with Gasteiger partial charge in [-0.05, 0) is 33.3 Å². The molecule has 20 heavy (non-hydrogen) atoms. The van der Waals surface area contributed by atoms with E-state index in [2.05, 4.69) is 68.2 Å². The van der Waals surface area contributed by atoms with Gasteiger partial charge in [-0.1, -0.05) is 30.3 Å². The van der Waals surface area contributed by atoms with Crippen LogP contribution < -0.4 is 5.32 Å². The smallest absolute Gasteiger partial charge is 0.0673 e. The molecule has 1 aliphatic rings. The molecule has 2 atom stereocenters. The van der Waals surface area contributed by atoms with Crippen molar-refractivity contribution in [3.63, 3.8) is 0 Å². The van der Waals surface area contributed by atoms with Gasteiger partial charge in [-0.3, -0.25) is 4.90 Å². The Balaban J connectivity index is 2.12. The molecule has 3 nitrogen and oxygen atoms in total. The second-order valence-electron chi connectivity index (χ2n) is 6.39. The first-order valence-electron chi connectivity index (χ1n) is 7.67. The first-order chi connectivity index (χ1) is 9.52. The molecule has 0 saturated carbocycles. The van der Waals surface area contributed by atoms with Gasteiger partial charge in [0.05, 0.1) is 6.10 Å². The molecule has 0 spiro atoms. The molecule has 2 unspecified atom stereocenters. The van der Waals surface area contributed by atoms with Crippen LogP contribution in [0.15, 0.2) is 30.3 Å². The largest absolute Gasteiger partial charge is 0.377 e. The third-order valence-electron chi connectivity index (χ3n) is 3.94. The number of hydrogen-bond acceptors (Lipinski definition) is 3. The van der Waals surface area contributed by atoms with Gasteiger partial charge in [-0.25, -0.2) is 0 Å². The van der Waals surface area contributed by atoms with Crippen LogP contribution in [0.3, 0.4) is 0 Å². The third-order valence-corrected chi connectivity index (χ3v) is 3.94. The zero-order valence-electron chi connectivity index (χ0n) is 13.2. The van der Waals surface area contributed by atoms with E-state index in [0.717, 1.165) is 26.2 Å². The van der Waals surface area contributed by atoms with Crippen LogP contribution in [0.4, 0.5) is 0 Å². The molecule has 3 heteroatoms. The zero-order valence-corrected chi connectivity index (χ0v) is 13.2. The van der Waals surface area contributed by atoms with Crippen LogP contribution in [-0.4, -0.2) is 42.8 Å². The predicted octanol–water partition coefficient (Wildman–Crippen LogP) is 2.84. The minimum atomic E-state index is 0.164. The Bertz CT molecular complexity index is 405. The molecule has 2 rings (SSSR count). The van der Waals surface area contributed by atoms with Crippen molar-refractivity contribution < 1.29 is 4.74 Å². The number of nitrogens with one attached hydrogen (secondary N) is 1. The molecule has 0 aromatic heterocycles. The first-order valence-corrected chi connectivity index (χ1v) is 7.67. The molecular formula is C17H28N2O. The highest BCUT2D eigenvalue weighted by molar-refractivity contribution is 5.20. The van der Waals surface area contributed by atoms with Crippen molar-refractivity contribution >= 4 is 0 Å². The summed E-state index contributed by atoms with van der Waals surface area (Å²) in [6.07, 6.45) is 0.278. The van der Waals surface area contributed by atoms with Crippen LogP contribution in [-0.2, 0) is 4.74 Å². The van der Waals surface area contributed by atoms with Crippen LogP contribution in [0.2, 0.25) is 0 Å². The van der Waals surface area contributed by atoms with E-state index in [1.807, 2.05) is 0 Å². The summed E-state index contributed by atoms with van der Waals surface area (Å²) in [5, 5.41) is 3.66. The van der Waals surface area contributed by atoms with Gasteiger partial charge in [0.2, 0.25) is 0 Å². The van der Waals surface area contributed by atoms with Gasteiger partial charge in [0.1, 0.15) is 0 Å². The van der Waals surface area contributed by atoms with Crippen molar-refractivity contribution in [2.45, 2.75) is 45.4 Å². The Morgan fingerprint density at radius 1 is 1.35 bits per heavy atom. The summed E-state index contributed by atoms with van der Waals surface area (Å²) in [7, 11) is 0. The van der Waals surface area contributed by atoms with E-state index < -0.39 is 0 Å². The third kappa shape index (κ3) is 4.05. The lowest BCUT2D eigenvalue weighted by Crippen LogP contribution is -2.59. The van der Waals surface area contributed by atoms with Crippen LogP contribution in [0.25, 0.3) is 0 Å². The summed E-state index contributed by atoms with van der Waals surface area (Å²) in [4.78, 5) is 2.56. The zero-order chi connectivity index (χ0) is 14.6. The van der Waals surface area contributed by atoms with Gasteiger partial charge in [0, 0.05) is 37.8 Å². The van der Waals surface area contributed by atoms with Crippen molar-refractivity contribution in [2.75, 3.05) is 26.2 Å². The predicted molar refractivity (Wildman–Crippen MR) is 83.9 cm³/mol. The van der Waals surface area contributed by atoms with Crippen LogP contribution in [0.5, 0.6) is 0 Å². The van der Waals surface area contributed by atoms with Crippen molar-refractivity contribution in [3.8, 4) is 0 Å². The lowest BCUT2D eigenvalue weighted by molar-refractivity contribution is 0.00977. The van der Waals surface area contributed by atoms with E-state index in [4.69, 9.17) is 4.74 Å². The fourth-order valence-corrected chi connectivity index (χ4v) is 3.04. The highest BCUT2D eigenvalue weighted by Gasteiger charge is 2.33. The Labute approximate surface area is 123 Å². The molecule has 0 amide bonds. The molecule has 1 fully saturated rings. The summed E-state index contributed by atoms with van der Waals surface area (Å²) in [5.74, 6) is 0. The minimum absolute atomic E-state index is 0.164. The normalized spacial score (nSPS) is 24.5. The van der Waals surface area contributed by atoms with Crippen molar-refractivity contribution in [2.24, 2.45) is 0 Å². The molecule has 1 aliphatic heterocycles. The number of nitrogens with zero attached hydrogens (tertiary/aromatic N) is 1. The molecule has 1 heterocycles. The molecule has 1 aromatic carbocycles. The van der Waals surface area contributed by atoms with E-state index in [1.54, 1.807) is 0 Å². The summed E-state index contributed by atoms with van der Waals surface area (Å²) in [6.45, 7) is 12.6. The van der Waals surface area contributed by atoms with Crippen LogP contribution in [0, 0.1) is 0 Å². The molecular weight excluding hydrogens is 248 g/mol. The van der Waals surface area contributed by atoms with Crippen LogP contribution >= 0.6 is 0 Å². The topological polar surface area (TPSA) is 24.5 Å². The molecule has 0 bridgehead atoms. The Morgan fingerprint density at radius 3 is 2.70 bits per heavy atom. The highest BCUT2D eigenvalue weighted by atomic mass is 16.5. The lowest BCUT2D eigenvalue weighted by atomic mass is 9.94. The fraction of sp³-hybridized carbons (Fsp3) is 0.647. The number of hydrogen-bond donors (Lipinski definition) is 1. The summed E-state index contributed by atoms with van der Waals surface area (Å²) >= 11 is 0. The molecule has 1 N–H and O–H groups in total. The maximum atomic E-state index is 5.73. The highest BCUT2D eigenvalue weighted by Crippen LogP contribution is 2.27. The molecule has 0 aliphatic carbocycles. The van der Waals surface area contributed by atoms with E-state index >= 15 is 0 Å². The average molecular weight is 276 g/mol. The maximum absolute atomic E-state index is 5.73. The summed E-state index contributed by atoms with van der Waals surface area (Å²) in [5.41, 5.74) is 1.55. The Kier molecular flexibility index (Phi) is 5.19. The second-order valence-corrected chi connectivity index (χ2v) is 6.39. The van der Waals surface area contributed by atoms with E-state index in [0.29, 0.717) is 6.04 Å². The maximum Gasteiger partial charge on any atom is 0.0673 e. The van der Waals surface area contributed by atoms with Gasteiger partial charge in [-0.2, -0.15) is 0 Å². The number of benzene rings is 1. The van der Waals surface area contributed by atoms with Gasteiger partial charge in [-0.15, -0.1) is 0 Å². The first kappa shape index (κ1) is 15.5. The standard InChI is InChI=1S/C17H28N2O/c1-5-20-14(2)12-19-13-17(3,4)18-11-16(19)15-9-7-6-8-10-15/h6-10,14,16,18H,5,11-13H2,1-4H3. The fourth-order valence-electron chi connectivity index (χ4n) is 3.04. The lowest BCUT2D eigenvalue weighted by Gasteiger charge is -2.45. The summed E-state index contributed by atoms with van der Waals surface area (Å²) in [6, 6.07) is 11.2. The van der Waals surface area contributed by atoms with Crippen molar-refractivity contribution in [3.05, 3.63) is 35.9 Å². The van der Waals surface area contributed by atoms with E-state index in [1.165, 1.54) is 5.56 Å². The SMILES string of the molecule is CCOC(C)CN1CC(C)(C)NCC1c1ccccc1. The van der Waals surface area contributed by atoms with E-state index in [9.17, 15) is 0 Å². The van der Waals surface area contributed by atoms with E-state index in [-0.39, 0.29) is 11.6 Å². The Hall–Kier alpha value is -0.900. The second kappa shape index (κ2) is 6.70. The molecule has 1 saturated heterocycles.